The molecule has 5 atom stereocenters. The monoisotopic (exact) mass is 496 g/mol. The minimum absolute atomic E-state index is 0.0749. The summed E-state index contributed by atoms with van der Waals surface area (Å²) in [5, 5.41) is 53.8. The van der Waals surface area contributed by atoms with E-state index in [2.05, 4.69) is 20.5 Å². The van der Waals surface area contributed by atoms with Crippen LogP contribution >= 0.6 is 11.8 Å². The number of hydrogen-bond acceptors (Lipinski definition) is 10. The molecule has 34 heavy (non-hydrogen) atoms. The van der Waals surface area contributed by atoms with E-state index in [-0.39, 0.29) is 22.0 Å². The van der Waals surface area contributed by atoms with Gasteiger partial charge in [0.1, 0.15) is 41.6 Å². The SMILES string of the molecule is N#Cc1n[nH]c(S[C@H]2OC(CO)[C@H](O)C(n3cc(-c4cc(F)c(F)c(F)c4)nn3)[C@@H]2O)cc1=O. The fraction of sp³-hybridized carbons (Fsp3) is 0.316. The van der Waals surface area contributed by atoms with E-state index in [1.165, 1.54) is 6.20 Å². The highest BCUT2D eigenvalue weighted by atomic mass is 32.2. The molecule has 0 saturated carbocycles. The van der Waals surface area contributed by atoms with E-state index >= 15 is 0 Å². The first-order valence-corrected chi connectivity index (χ1v) is 10.5. The van der Waals surface area contributed by atoms with Crippen LogP contribution in [-0.4, -0.2) is 70.9 Å². The number of nitrogens with zero attached hydrogens (tertiary/aromatic N) is 5. The van der Waals surface area contributed by atoms with E-state index in [1.54, 1.807) is 6.07 Å². The Morgan fingerprint density at radius 3 is 2.53 bits per heavy atom. The Morgan fingerprint density at radius 2 is 1.91 bits per heavy atom. The molecule has 1 saturated heterocycles. The van der Waals surface area contributed by atoms with E-state index < -0.39 is 59.3 Å². The Balaban J connectivity index is 1.64. The van der Waals surface area contributed by atoms with Gasteiger partial charge >= 0.3 is 0 Å². The lowest BCUT2D eigenvalue weighted by Crippen LogP contribution is -2.55. The first-order chi connectivity index (χ1) is 16.2. The molecule has 3 aromatic rings. The third kappa shape index (κ3) is 4.41. The van der Waals surface area contributed by atoms with Crippen molar-refractivity contribution >= 4 is 11.8 Å². The average Bonchev–Trinajstić information content (AvgIpc) is 3.29. The predicted octanol–water partition coefficient (Wildman–Crippen LogP) is 0.0898. The summed E-state index contributed by atoms with van der Waals surface area (Å²) in [5.41, 5.74) is -2.38. The number of aromatic nitrogens is 5. The normalized spacial score (nSPS) is 24.7. The number of aliphatic hydroxyl groups is 3. The summed E-state index contributed by atoms with van der Waals surface area (Å²) in [6.07, 6.45) is -2.97. The molecule has 1 aliphatic heterocycles. The van der Waals surface area contributed by atoms with Crippen molar-refractivity contribution in [3.05, 3.63) is 57.8 Å². The molecule has 4 N–H and O–H groups in total. The van der Waals surface area contributed by atoms with Crippen LogP contribution in [-0.2, 0) is 4.74 Å². The van der Waals surface area contributed by atoms with Crippen molar-refractivity contribution in [2.45, 2.75) is 34.8 Å². The molecule has 0 radical (unpaired) electrons. The Bertz CT molecular complexity index is 1290. The van der Waals surface area contributed by atoms with Gasteiger partial charge in [0, 0.05) is 11.6 Å². The number of aromatic amines is 1. The van der Waals surface area contributed by atoms with Gasteiger partial charge in [0.2, 0.25) is 11.1 Å². The molecule has 1 aromatic carbocycles. The molecule has 178 valence electrons. The molecule has 0 amide bonds. The smallest absolute Gasteiger partial charge is 0.219 e. The van der Waals surface area contributed by atoms with Gasteiger partial charge in [-0.3, -0.25) is 9.89 Å². The van der Waals surface area contributed by atoms with Gasteiger partial charge in [-0.1, -0.05) is 17.0 Å². The molecule has 3 heterocycles. The molecule has 0 aliphatic carbocycles. The van der Waals surface area contributed by atoms with Gasteiger partial charge in [0.15, 0.2) is 17.5 Å². The third-order valence-corrected chi connectivity index (χ3v) is 6.15. The number of benzene rings is 1. The zero-order valence-electron chi connectivity index (χ0n) is 16.8. The van der Waals surface area contributed by atoms with Crippen molar-refractivity contribution < 1.29 is 33.2 Å². The van der Waals surface area contributed by atoms with E-state index in [4.69, 9.17) is 10.00 Å². The fourth-order valence-corrected chi connectivity index (χ4v) is 4.41. The number of ether oxygens (including phenoxy) is 1. The highest BCUT2D eigenvalue weighted by molar-refractivity contribution is 7.99. The van der Waals surface area contributed by atoms with Gasteiger partial charge < -0.3 is 20.1 Å². The van der Waals surface area contributed by atoms with Crippen LogP contribution in [0.1, 0.15) is 11.7 Å². The molecule has 1 aliphatic rings. The van der Waals surface area contributed by atoms with Crippen molar-refractivity contribution in [1.82, 2.24) is 25.2 Å². The Kier molecular flexibility index (Phi) is 6.68. The quantitative estimate of drug-likeness (QED) is 0.355. The number of H-pyrrole nitrogens is 1. The van der Waals surface area contributed by atoms with Crippen LogP contribution in [0.2, 0.25) is 0 Å². The minimum atomic E-state index is -1.65. The standard InChI is InChI=1S/C19H15F3N6O5S/c20-8-1-7(2-9(21)15(8)22)11-5-28(27-25-11)16-17(31)13(6-29)33-19(18(16)32)34-14-3-12(30)10(4-23)24-26-14/h1-3,5,13,16-19,29,31-32H,6H2,(H,26,30)/t13?,16?,17-,18-,19+/m0/s1. The third-order valence-electron chi connectivity index (χ3n) is 5.07. The van der Waals surface area contributed by atoms with Crippen LogP contribution in [0.3, 0.4) is 0 Å². The largest absolute Gasteiger partial charge is 0.394 e. The lowest BCUT2D eigenvalue weighted by atomic mass is 9.97. The van der Waals surface area contributed by atoms with Crippen molar-refractivity contribution in [3.63, 3.8) is 0 Å². The van der Waals surface area contributed by atoms with E-state index in [0.29, 0.717) is 12.1 Å². The number of nitriles is 1. The molecular formula is C19H15F3N6O5S. The number of thioether (sulfide) groups is 1. The zero-order valence-corrected chi connectivity index (χ0v) is 17.7. The number of aliphatic hydroxyl groups excluding tert-OH is 3. The number of hydrogen-bond donors (Lipinski definition) is 4. The molecule has 1 fully saturated rings. The lowest BCUT2D eigenvalue weighted by molar-refractivity contribution is -0.178. The predicted molar refractivity (Wildman–Crippen MR) is 108 cm³/mol. The summed E-state index contributed by atoms with van der Waals surface area (Å²) < 4.78 is 47.0. The van der Waals surface area contributed by atoms with Crippen LogP contribution in [0.15, 0.2) is 34.2 Å². The minimum Gasteiger partial charge on any atom is -0.394 e. The van der Waals surface area contributed by atoms with Crippen molar-refractivity contribution in [3.8, 4) is 17.3 Å². The number of rotatable bonds is 5. The summed E-state index contributed by atoms with van der Waals surface area (Å²) in [6.45, 7) is -0.639. The van der Waals surface area contributed by atoms with Gasteiger partial charge in [-0.2, -0.15) is 10.4 Å². The van der Waals surface area contributed by atoms with Crippen LogP contribution in [0.25, 0.3) is 11.3 Å². The topological polar surface area (TPSA) is 170 Å². The van der Waals surface area contributed by atoms with Gasteiger partial charge in [0.25, 0.3) is 0 Å². The summed E-state index contributed by atoms with van der Waals surface area (Å²) >= 11 is 0.810. The Labute approximate surface area is 192 Å². The molecule has 11 nitrogen and oxygen atoms in total. The first-order valence-electron chi connectivity index (χ1n) is 9.59. The summed E-state index contributed by atoms with van der Waals surface area (Å²) in [5.74, 6) is -4.51. The molecular weight excluding hydrogens is 481 g/mol. The van der Waals surface area contributed by atoms with E-state index in [0.717, 1.165) is 22.5 Å². The fourth-order valence-electron chi connectivity index (χ4n) is 3.39. The first kappa shape index (κ1) is 23.9. The average molecular weight is 496 g/mol. The van der Waals surface area contributed by atoms with Gasteiger partial charge in [-0.15, -0.1) is 5.10 Å². The van der Waals surface area contributed by atoms with E-state index in [9.17, 15) is 33.3 Å². The summed E-state index contributed by atoms with van der Waals surface area (Å²) in [4.78, 5) is 11.9. The van der Waals surface area contributed by atoms with Gasteiger partial charge in [-0.05, 0) is 12.1 Å². The van der Waals surface area contributed by atoms with Crippen LogP contribution in [0, 0.1) is 28.8 Å². The van der Waals surface area contributed by atoms with E-state index in [1.807, 2.05) is 0 Å². The molecule has 15 heteroatoms. The Morgan fingerprint density at radius 1 is 1.21 bits per heavy atom. The molecule has 0 bridgehead atoms. The Hall–Kier alpha value is -3.29. The van der Waals surface area contributed by atoms with Crippen LogP contribution in [0.4, 0.5) is 13.2 Å². The van der Waals surface area contributed by atoms with Crippen LogP contribution in [0.5, 0.6) is 0 Å². The van der Waals surface area contributed by atoms with Gasteiger partial charge in [-0.25, -0.2) is 17.9 Å². The summed E-state index contributed by atoms with van der Waals surface area (Å²) in [7, 11) is 0. The second-order valence-electron chi connectivity index (χ2n) is 7.21. The number of nitrogens with one attached hydrogen (secondary N) is 1. The lowest BCUT2D eigenvalue weighted by Gasteiger charge is -2.41. The molecule has 0 spiro atoms. The maximum Gasteiger partial charge on any atom is 0.219 e. The second-order valence-corrected chi connectivity index (χ2v) is 8.35. The zero-order chi connectivity index (χ0) is 24.6. The molecule has 2 unspecified atom stereocenters. The molecule has 4 rings (SSSR count). The van der Waals surface area contributed by atoms with Crippen molar-refractivity contribution in [2.75, 3.05) is 6.61 Å². The summed E-state index contributed by atoms with van der Waals surface area (Å²) in [6, 6.07) is 2.88. The van der Waals surface area contributed by atoms with Crippen molar-refractivity contribution in [2.24, 2.45) is 0 Å². The molecule has 2 aromatic heterocycles. The maximum atomic E-state index is 13.6. The maximum absolute atomic E-state index is 13.6. The van der Waals surface area contributed by atoms with Gasteiger partial charge in [0.05, 0.1) is 17.8 Å². The highest BCUT2D eigenvalue weighted by Crippen LogP contribution is 2.37. The van der Waals surface area contributed by atoms with Crippen molar-refractivity contribution in [1.29, 1.82) is 5.26 Å². The second kappa shape index (κ2) is 9.52. The van der Waals surface area contributed by atoms with Crippen LogP contribution < -0.4 is 5.43 Å². The highest BCUT2D eigenvalue weighted by Gasteiger charge is 2.46. The number of halogens is 3.